The number of piperidine rings is 1. The predicted octanol–water partition coefficient (Wildman–Crippen LogP) is 5.15. The second-order valence-corrected chi connectivity index (χ2v) is 8.42. The number of rotatable bonds is 8. The Bertz CT molecular complexity index is 1020. The molecular weight excluding hydrogens is 422 g/mol. The van der Waals surface area contributed by atoms with Gasteiger partial charge in [0.2, 0.25) is 5.95 Å². The number of carbonyl (C=O) groups is 1. The Hall–Kier alpha value is -2.96. The lowest BCUT2D eigenvalue weighted by Crippen LogP contribution is -2.33. The third-order valence-electron chi connectivity index (χ3n) is 5.58. The maximum atomic E-state index is 12.4. The summed E-state index contributed by atoms with van der Waals surface area (Å²) in [4.78, 5) is 23.8. The van der Waals surface area contributed by atoms with Crippen LogP contribution in [0.4, 0.5) is 11.6 Å². The van der Waals surface area contributed by atoms with E-state index in [4.69, 9.17) is 11.6 Å². The second-order valence-electron chi connectivity index (χ2n) is 7.99. The lowest BCUT2D eigenvalue weighted by atomic mass is 10.1. The van der Waals surface area contributed by atoms with Crippen LogP contribution in [0.5, 0.6) is 0 Å². The number of halogens is 1. The van der Waals surface area contributed by atoms with Crippen molar-refractivity contribution >= 4 is 29.1 Å². The van der Waals surface area contributed by atoms with E-state index in [2.05, 4.69) is 25.5 Å². The lowest BCUT2D eigenvalue weighted by Gasteiger charge is -2.26. The average Bonchev–Trinajstić information content (AvgIpc) is 2.83. The summed E-state index contributed by atoms with van der Waals surface area (Å²) in [5.74, 6) is 0.448. The topological polar surface area (TPSA) is 70.2 Å². The van der Waals surface area contributed by atoms with Gasteiger partial charge in [-0.2, -0.15) is 0 Å². The minimum Gasteiger partial charge on any atom is -0.352 e. The van der Waals surface area contributed by atoms with E-state index in [9.17, 15) is 4.79 Å². The normalized spacial score (nSPS) is 14.2. The number of nitrogens with one attached hydrogen (secondary N) is 2. The van der Waals surface area contributed by atoms with Crippen LogP contribution >= 0.6 is 11.6 Å². The highest BCUT2D eigenvalue weighted by Gasteiger charge is 2.10. The fraction of sp³-hybridized carbons (Fsp3) is 0.320. The smallest absolute Gasteiger partial charge is 0.251 e. The van der Waals surface area contributed by atoms with Gasteiger partial charge in [0.1, 0.15) is 0 Å². The summed E-state index contributed by atoms with van der Waals surface area (Å²) in [5, 5.41) is 6.90. The number of anilines is 2. The Balaban J connectivity index is 1.28. The molecule has 1 aromatic heterocycles. The molecule has 1 aliphatic heterocycles. The van der Waals surface area contributed by atoms with Crippen LogP contribution in [0, 0.1) is 0 Å². The highest BCUT2D eigenvalue weighted by Crippen LogP contribution is 2.21. The van der Waals surface area contributed by atoms with Crippen LogP contribution in [0.25, 0.3) is 11.3 Å². The Labute approximate surface area is 194 Å². The Morgan fingerprint density at radius 2 is 1.72 bits per heavy atom. The second kappa shape index (κ2) is 11.1. The van der Waals surface area contributed by atoms with Crippen molar-refractivity contribution in [2.24, 2.45) is 0 Å². The number of amides is 1. The molecule has 32 heavy (non-hydrogen) atoms. The van der Waals surface area contributed by atoms with E-state index in [1.165, 1.54) is 32.4 Å². The van der Waals surface area contributed by atoms with E-state index in [-0.39, 0.29) is 5.91 Å². The van der Waals surface area contributed by atoms with Crippen LogP contribution in [0.3, 0.4) is 0 Å². The molecule has 2 heterocycles. The first-order valence-corrected chi connectivity index (χ1v) is 11.5. The molecule has 3 aromatic rings. The SMILES string of the molecule is O=C(NCCCN1CCCCC1)c1ccc(Nc2nccc(-c3ccc(Cl)cc3)n2)cc1. The van der Waals surface area contributed by atoms with Crippen molar-refractivity contribution in [1.29, 1.82) is 0 Å². The van der Waals surface area contributed by atoms with Crippen molar-refractivity contribution in [3.8, 4) is 11.3 Å². The number of benzene rings is 2. The van der Waals surface area contributed by atoms with Crippen molar-refractivity contribution in [3.05, 3.63) is 71.4 Å². The molecule has 4 rings (SSSR count). The minimum absolute atomic E-state index is 0.0452. The quantitative estimate of drug-likeness (QED) is 0.465. The summed E-state index contributed by atoms with van der Waals surface area (Å²) in [7, 11) is 0. The van der Waals surface area contributed by atoms with Crippen molar-refractivity contribution < 1.29 is 4.79 Å². The lowest BCUT2D eigenvalue weighted by molar-refractivity contribution is 0.0951. The third kappa shape index (κ3) is 6.28. The summed E-state index contributed by atoms with van der Waals surface area (Å²) < 4.78 is 0. The summed E-state index contributed by atoms with van der Waals surface area (Å²) in [6.07, 6.45) is 6.63. The molecule has 0 bridgehead atoms. The number of likely N-dealkylation sites (tertiary alicyclic amines) is 1. The van der Waals surface area contributed by atoms with Crippen LogP contribution in [0.15, 0.2) is 60.8 Å². The van der Waals surface area contributed by atoms with Gasteiger partial charge < -0.3 is 15.5 Å². The molecule has 0 atom stereocenters. The standard InChI is InChI=1S/C25H28ClN5O/c26-21-9-5-19(6-10-21)23-13-15-28-25(30-23)29-22-11-7-20(8-12-22)24(32)27-14-4-18-31-16-2-1-3-17-31/h5-13,15H,1-4,14,16-18H2,(H,27,32)(H,28,29,30). The van der Waals surface area contributed by atoms with Gasteiger partial charge in [-0.1, -0.05) is 30.2 Å². The molecule has 2 aromatic carbocycles. The van der Waals surface area contributed by atoms with Crippen LogP contribution in [0.1, 0.15) is 36.0 Å². The first-order valence-electron chi connectivity index (χ1n) is 11.1. The zero-order valence-electron chi connectivity index (χ0n) is 18.1. The van der Waals surface area contributed by atoms with Crippen LogP contribution in [-0.2, 0) is 0 Å². The molecular formula is C25H28ClN5O. The van der Waals surface area contributed by atoms with Gasteiger partial charge >= 0.3 is 0 Å². The molecule has 0 saturated carbocycles. The molecule has 1 fully saturated rings. The summed E-state index contributed by atoms with van der Waals surface area (Å²) in [6.45, 7) is 4.13. The number of hydrogen-bond acceptors (Lipinski definition) is 5. The maximum absolute atomic E-state index is 12.4. The van der Waals surface area contributed by atoms with Crippen LogP contribution in [0.2, 0.25) is 5.02 Å². The van der Waals surface area contributed by atoms with Gasteiger partial charge in [0.05, 0.1) is 5.69 Å². The van der Waals surface area contributed by atoms with Gasteiger partial charge in [-0.3, -0.25) is 4.79 Å². The fourth-order valence-corrected chi connectivity index (χ4v) is 3.95. The van der Waals surface area contributed by atoms with Crippen molar-refractivity contribution in [1.82, 2.24) is 20.2 Å². The Kier molecular flexibility index (Phi) is 7.69. The third-order valence-corrected chi connectivity index (χ3v) is 5.84. The first-order chi connectivity index (χ1) is 15.7. The summed E-state index contributed by atoms with van der Waals surface area (Å²) in [5.41, 5.74) is 3.23. The average molecular weight is 450 g/mol. The van der Waals surface area contributed by atoms with Gasteiger partial charge in [-0.15, -0.1) is 0 Å². The predicted molar refractivity (Wildman–Crippen MR) is 129 cm³/mol. The first kappa shape index (κ1) is 22.2. The molecule has 1 aliphatic rings. The zero-order chi connectivity index (χ0) is 22.2. The molecule has 7 heteroatoms. The fourth-order valence-electron chi connectivity index (χ4n) is 3.82. The molecule has 1 saturated heterocycles. The summed E-state index contributed by atoms with van der Waals surface area (Å²) >= 11 is 5.96. The van der Waals surface area contributed by atoms with Gasteiger partial charge in [-0.05, 0) is 81.4 Å². The largest absolute Gasteiger partial charge is 0.352 e. The van der Waals surface area contributed by atoms with E-state index in [1.807, 2.05) is 54.6 Å². The van der Waals surface area contributed by atoms with Crippen LogP contribution < -0.4 is 10.6 Å². The van der Waals surface area contributed by atoms with Gasteiger partial charge in [-0.25, -0.2) is 9.97 Å². The maximum Gasteiger partial charge on any atom is 0.251 e. The molecule has 0 spiro atoms. The number of aromatic nitrogens is 2. The van der Waals surface area contributed by atoms with Crippen molar-refractivity contribution in [2.45, 2.75) is 25.7 Å². The van der Waals surface area contributed by atoms with Gasteiger partial charge in [0.25, 0.3) is 5.91 Å². The highest BCUT2D eigenvalue weighted by molar-refractivity contribution is 6.30. The van der Waals surface area contributed by atoms with E-state index in [0.29, 0.717) is 23.1 Å². The molecule has 0 radical (unpaired) electrons. The summed E-state index contributed by atoms with van der Waals surface area (Å²) in [6, 6.07) is 16.7. The monoisotopic (exact) mass is 449 g/mol. The van der Waals surface area contributed by atoms with E-state index >= 15 is 0 Å². The highest BCUT2D eigenvalue weighted by atomic mass is 35.5. The van der Waals surface area contributed by atoms with E-state index in [0.717, 1.165) is 29.9 Å². The number of nitrogens with zero attached hydrogens (tertiary/aromatic N) is 3. The van der Waals surface area contributed by atoms with Gasteiger partial charge in [0.15, 0.2) is 0 Å². The molecule has 0 unspecified atom stereocenters. The molecule has 1 amide bonds. The van der Waals surface area contributed by atoms with Crippen molar-refractivity contribution in [3.63, 3.8) is 0 Å². The Morgan fingerprint density at radius 1 is 0.969 bits per heavy atom. The van der Waals surface area contributed by atoms with E-state index in [1.54, 1.807) is 6.20 Å². The number of hydrogen-bond donors (Lipinski definition) is 2. The number of carbonyl (C=O) groups excluding carboxylic acids is 1. The van der Waals surface area contributed by atoms with Crippen LogP contribution in [-0.4, -0.2) is 47.0 Å². The minimum atomic E-state index is -0.0452. The molecule has 0 aliphatic carbocycles. The molecule has 2 N–H and O–H groups in total. The Morgan fingerprint density at radius 3 is 2.47 bits per heavy atom. The molecule has 6 nitrogen and oxygen atoms in total. The molecule has 166 valence electrons. The van der Waals surface area contributed by atoms with Crippen molar-refractivity contribution in [2.75, 3.05) is 31.5 Å². The van der Waals surface area contributed by atoms with Gasteiger partial charge in [0, 0.05) is 34.6 Å². The zero-order valence-corrected chi connectivity index (χ0v) is 18.8. The van der Waals surface area contributed by atoms with E-state index < -0.39 is 0 Å².